The van der Waals surface area contributed by atoms with Crippen molar-refractivity contribution in [3.05, 3.63) is 65.7 Å². The predicted molar refractivity (Wildman–Crippen MR) is 92.8 cm³/mol. The fraction of sp³-hybridized carbons (Fsp3) is 0.263. The summed E-state index contributed by atoms with van der Waals surface area (Å²) in [6.45, 7) is 5.59. The van der Waals surface area contributed by atoms with Crippen molar-refractivity contribution in [3.63, 3.8) is 0 Å². The van der Waals surface area contributed by atoms with Crippen LogP contribution in [0.4, 0.5) is 0 Å². The lowest BCUT2D eigenvalue weighted by molar-refractivity contribution is 0.0358. The van der Waals surface area contributed by atoms with Gasteiger partial charge in [-0.1, -0.05) is 18.2 Å². The van der Waals surface area contributed by atoms with Gasteiger partial charge in [-0.15, -0.1) is 0 Å². The molecular weight excluding hydrogens is 304 g/mol. The van der Waals surface area contributed by atoms with Gasteiger partial charge in [-0.25, -0.2) is 5.01 Å². The zero-order chi connectivity index (χ0) is 17.7. The average Bonchev–Trinajstić information content (AvgIpc) is 2.58. The van der Waals surface area contributed by atoms with Crippen LogP contribution in [0, 0.1) is 0 Å². The van der Waals surface area contributed by atoms with E-state index in [0.717, 1.165) is 0 Å². The van der Waals surface area contributed by atoms with Gasteiger partial charge in [0.1, 0.15) is 5.75 Å². The van der Waals surface area contributed by atoms with Gasteiger partial charge in [0.2, 0.25) is 0 Å². The highest BCUT2D eigenvalue weighted by atomic mass is 16.5. The Bertz CT molecular complexity index is 704. The number of ether oxygens (including phenoxy) is 1. The molecule has 0 bridgehead atoms. The van der Waals surface area contributed by atoms with Gasteiger partial charge in [0.15, 0.2) is 0 Å². The lowest BCUT2D eigenvalue weighted by Gasteiger charge is -2.35. The molecule has 0 fully saturated rings. The zero-order valence-electron chi connectivity index (χ0n) is 14.4. The van der Waals surface area contributed by atoms with Crippen molar-refractivity contribution in [1.82, 2.24) is 10.4 Å². The molecule has 2 amide bonds. The fourth-order valence-corrected chi connectivity index (χ4v) is 2.14. The summed E-state index contributed by atoms with van der Waals surface area (Å²) >= 11 is 0. The Balaban J connectivity index is 2.22. The first kappa shape index (κ1) is 17.5. The molecule has 0 unspecified atom stereocenters. The Hall–Kier alpha value is -2.82. The summed E-state index contributed by atoms with van der Waals surface area (Å²) in [7, 11) is 1.56. The molecule has 0 saturated carbocycles. The Kier molecular flexibility index (Phi) is 5.24. The van der Waals surface area contributed by atoms with E-state index in [1.54, 1.807) is 55.6 Å². The van der Waals surface area contributed by atoms with Crippen LogP contribution in [0.15, 0.2) is 54.6 Å². The lowest BCUT2D eigenvalue weighted by Crippen LogP contribution is -2.55. The van der Waals surface area contributed by atoms with E-state index in [1.807, 2.05) is 26.8 Å². The molecule has 0 saturated heterocycles. The number of hydrogen-bond acceptors (Lipinski definition) is 3. The number of carbonyl (C=O) groups excluding carboxylic acids is 2. The first-order valence-electron chi connectivity index (χ1n) is 7.67. The van der Waals surface area contributed by atoms with E-state index >= 15 is 0 Å². The molecule has 126 valence electrons. The predicted octanol–water partition coefficient (Wildman–Crippen LogP) is 3.28. The Morgan fingerprint density at radius 1 is 0.917 bits per heavy atom. The monoisotopic (exact) mass is 326 g/mol. The van der Waals surface area contributed by atoms with E-state index in [0.29, 0.717) is 16.9 Å². The second kappa shape index (κ2) is 7.17. The van der Waals surface area contributed by atoms with Gasteiger partial charge in [0.25, 0.3) is 11.8 Å². The minimum Gasteiger partial charge on any atom is -0.497 e. The minimum absolute atomic E-state index is 0.259. The summed E-state index contributed by atoms with van der Waals surface area (Å²) in [6.07, 6.45) is 0. The highest BCUT2D eigenvalue weighted by Crippen LogP contribution is 2.16. The number of nitrogens with one attached hydrogen (secondary N) is 1. The second-order valence-corrected chi connectivity index (χ2v) is 6.35. The third-order valence-electron chi connectivity index (χ3n) is 3.46. The van der Waals surface area contributed by atoms with Crippen molar-refractivity contribution in [1.29, 1.82) is 0 Å². The number of hydrazine groups is 1. The van der Waals surface area contributed by atoms with Gasteiger partial charge in [0, 0.05) is 11.1 Å². The molecule has 0 aliphatic heterocycles. The number of methoxy groups -OCH3 is 1. The normalized spacial score (nSPS) is 10.8. The molecule has 0 heterocycles. The van der Waals surface area contributed by atoms with Crippen molar-refractivity contribution >= 4 is 11.8 Å². The maximum Gasteiger partial charge on any atom is 0.272 e. The van der Waals surface area contributed by atoms with Crippen molar-refractivity contribution in [2.24, 2.45) is 0 Å². The summed E-state index contributed by atoms with van der Waals surface area (Å²) in [4.78, 5) is 25.2. The zero-order valence-corrected chi connectivity index (χ0v) is 14.4. The number of amides is 2. The molecule has 5 heteroatoms. The van der Waals surface area contributed by atoms with Crippen LogP contribution in [-0.2, 0) is 0 Å². The molecule has 0 atom stereocenters. The van der Waals surface area contributed by atoms with Crippen LogP contribution in [0.3, 0.4) is 0 Å². The van der Waals surface area contributed by atoms with Crippen LogP contribution in [0.25, 0.3) is 0 Å². The first-order chi connectivity index (χ1) is 11.3. The van der Waals surface area contributed by atoms with Crippen LogP contribution in [-0.4, -0.2) is 29.5 Å². The average molecular weight is 326 g/mol. The molecule has 0 aliphatic rings. The summed E-state index contributed by atoms with van der Waals surface area (Å²) in [5, 5.41) is 1.36. The Morgan fingerprint density at radius 3 is 2.00 bits per heavy atom. The van der Waals surface area contributed by atoms with Crippen LogP contribution in [0.5, 0.6) is 5.75 Å². The molecule has 0 radical (unpaired) electrons. The third kappa shape index (κ3) is 4.13. The lowest BCUT2D eigenvalue weighted by atomic mass is 10.1. The topological polar surface area (TPSA) is 58.6 Å². The molecule has 5 nitrogen and oxygen atoms in total. The van der Waals surface area contributed by atoms with Gasteiger partial charge in [-0.2, -0.15) is 0 Å². The number of hydrogen-bond donors (Lipinski definition) is 1. The molecule has 24 heavy (non-hydrogen) atoms. The molecule has 0 aromatic heterocycles. The van der Waals surface area contributed by atoms with Crippen LogP contribution < -0.4 is 10.2 Å². The van der Waals surface area contributed by atoms with Gasteiger partial charge >= 0.3 is 0 Å². The number of carbonyl (C=O) groups is 2. The van der Waals surface area contributed by atoms with Crippen molar-refractivity contribution in [2.75, 3.05) is 7.11 Å². The fourth-order valence-electron chi connectivity index (χ4n) is 2.14. The summed E-state index contributed by atoms with van der Waals surface area (Å²) in [5.74, 6) is 0.0569. The van der Waals surface area contributed by atoms with Crippen molar-refractivity contribution < 1.29 is 14.3 Å². The smallest absolute Gasteiger partial charge is 0.272 e. The number of benzene rings is 2. The van der Waals surface area contributed by atoms with E-state index in [-0.39, 0.29) is 11.8 Å². The van der Waals surface area contributed by atoms with Gasteiger partial charge in [-0.3, -0.25) is 15.0 Å². The van der Waals surface area contributed by atoms with Crippen LogP contribution in [0.2, 0.25) is 0 Å². The molecule has 0 aliphatic carbocycles. The van der Waals surface area contributed by atoms with Crippen LogP contribution in [0.1, 0.15) is 41.5 Å². The Labute approximate surface area is 142 Å². The molecule has 0 spiro atoms. The molecular formula is C19H22N2O3. The first-order valence-corrected chi connectivity index (χ1v) is 7.67. The van der Waals surface area contributed by atoms with E-state index in [2.05, 4.69) is 5.43 Å². The van der Waals surface area contributed by atoms with Crippen LogP contribution >= 0.6 is 0 Å². The number of rotatable bonds is 3. The molecule has 1 N–H and O–H groups in total. The highest BCUT2D eigenvalue weighted by molar-refractivity contribution is 5.99. The quantitative estimate of drug-likeness (QED) is 0.881. The van der Waals surface area contributed by atoms with E-state index in [9.17, 15) is 9.59 Å². The molecule has 2 rings (SSSR count). The largest absolute Gasteiger partial charge is 0.497 e. The van der Waals surface area contributed by atoms with Gasteiger partial charge in [0.05, 0.1) is 12.6 Å². The Morgan fingerprint density at radius 2 is 1.50 bits per heavy atom. The van der Waals surface area contributed by atoms with Gasteiger partial charge in [-0.05, 0) is 57.2 Å². The third-order valence-corrected chi connectivity index (χ3v) is 3.46. The minimum atomic E-state index is -0.574. The molecule has 2 aromatic carbocycles. The van der Waals surface area contributed by atoms with Gasteiger partial charge < -0.3 is 4.74 Å². The molecule has 2 aromatic rings. The van der Waals surface area contributed by atoms with E-state index in [4.69, 9.17) is 4.74 Å². The summed E-state index contributed by atoms with van der Waals surface area (Å²) in [5.41, 5.74) is 3.10. The maximum absolute atomic E-state index is 12.7. The van der Waals surface area contributed by atoms with Crippen molar-refractivity contribution in [3.8, 4) is 5.75 Å². The summed E-state index contributed by atoms with van der Waals surface area (Å²) < 4.78 is 5.08. The SMILES string of the molecule is COc1ccc(C(=O)NN(C(=O)c2ccccc2)C(C)(C)C)cc1. The standard InChI is InChI=1S/C19H22N2O3/c1-19(2,3)21(18(23)15-8-6-5-7-9-15)20-17(22)14-10-12-16(24-4)13-11-14/h5-13H,1-4H3,(H,20,22). The number of nitrogens with zero attached hydrogens (tertiary/aromatic N) is 1. The highest BCUT2D eigenvalue weighted by Gasteiger charge is 2.29. The summed E-state index contributed by atoms with van der Waals surface area (Å²) in [6, 6.07) is 15.6. The second-order valence-electron chi connectivity index (χ2n) is 6.35. The maximum atomic E-state index is 12.7. The van der Waals surface area contributed by atoms with E-state index < -0.39 is 5.54 Å². The van der Waals surface area contributed by atoms with Crippen molar-refractivity contribution in [2.45, 2.75) is 26.3 Å². The van der Waals surface area contributed by atoms with E-state index in [1.165, 1.54) is 5.01 Å².